The summed E-state index contributed by atoms with van der Waals surface area (Å²) in [5.74, 6) is -15.2. The molecule has 0 radical (unpaired) electrons. The number of methoxy groups -OCH3 is 2. The van der Waals surface area contributed by atoms with Crippen molar-refractivity contribution in [2.24, 2.45) is 11.8 Å². The van der Waals surface area contributed by atoms with Crippen LogP contribution in [0.15, 0.2) is 170 Å². The van der Waals surface area contributed by atoms with Gasteiger partial charge < -0.3 is 14.2 Å². The molecule has 8 aromatic rings. The minimum Gasteiger partial charge on any atom is -0.456 e. The van der Waals surface area contributed by atoms with E-state index in [4.69, 9.17) is 14.2 Å². The lowest BCUT2D eigenvalue weighted by Gasteiger charge is -2.30. The van der Waals surface area contributed by atoms with Crippen LogP contribution in [0.2, 0.25) is 0 Å². The van der Waals surface area contributed by atoms with E-state index in [1.807, 2.05) is 0 Å². The SMILES string of the molecule is COCC(Cc1ccc(Oc2ccc(CC(COC)C(F)(F)F)c(Cc3ccc(-c4ccc(C)cc4F)cc3)c2C(F)(F)c2ccccc2)c(C(F)(F)c2ccccc2)c1Cc1ccc(-c2ccc(C)cc2F)cc1)C(F)(F)F. The fourth-order valence-corrected chi connectivity index (χ4v) is 9.88. The number of ether oxygens (including phenoxy) is 3. The van der Waals surface area contributed by atoms with Crippen LogP contribution in [-0.4, -0.2) is 39.8 Å². The van der Waals surface area contributed by atoms with E-state index in [1.54, 1.807) is 38.1 Å². The first-order valence-corrected chi connectivity index (χ1v) is 25.2. The topological polar surface area (TPSA) is 27.7 Å². The molecule has 0 aliphatic rings. The third-order valence-electron chi connectivity index (χ3n) is 14.0. The Balaban J connectivity index is 1.38. The summed E-state index contributed by atoms with van der Waals surface area (Å²) in [5.41, 5.74) is -1.13. The predicted octanol–water partition coefficient (Wildman–Crippen LogP) is 17.9. The Kier molecular flexibility index (Phi) is 17.5. The second-order valence-corrected chi connectivity index (χ2v) is 19.6. The van der Waals surface area contributed by atoms with Crippen molar-refractivity contribution in [3.63, 3.8) is 0 Å². The molecule has 3 nitrogen and oxygen atoms in total. The molecule has 0 amide bonds. The summed E-state index contributed by atoms with van der Waals surface area (Å²) in [4.78, 5) is 0. The van der Waals surface area contributed by atoms with Crippen molar-refractivity contribution in [2.45, 2.75) is 63.7 Å². The van der Waals surface area contributed by atoms with Gasteiger partial charge in [0, 0.05) is 36.5 Å². The van der Waals surface area contributed by atoms with E-state index in [1.165, 1.54) is 97.1 Å². The van der Waals surface area contributed by atoms with Crippen molar-refractivity contribution in [3.05, 3.63) is 248 Å². The van der Waals surface area contributed by atoms with Crippen LogP contribution in [0.1, 0.15) is 66.8 Å². The van der Waals surface area contributed by atoms with E-state index < -0.39 is 120 Å². The number of benzene rings is 8. The Bertz CT molecular complexity index is 3130. The molecule has 0 aromatic heterocycles. The molecule has 79 heavy (non-hydrogen) atoms. The maximum Gasteiger partial charge on any atom is 0.394 e. The van der Waals surface area contributed by atoms with E-state index in [-0.39, 0.29) is 33.4 Å². The number of hydrogen-bond donors (Lipinski definition) is 0. The first-order chi connectivity index (χ1) is 37.5. The minimum atomic E-state index is -4.88. The number of halogens is 12. The van der Waals surface area contributed by atoms with Gasteiger partial charge in [-0.15, -0.1) is 0 Å². The van der Waals surface area contributed by atoms with Gasteiger partial charge in [-0.25, -0.2) is 8.78 Å². The van der Waals surface area contributed by atoms with Crippen LogP contribution in [0.25, 0.3) is 22.3 Å². The van der Waals surface area contributed by atoms with E-state index in [0.29, 0.717) is 33.4 Å². The molecule has 0 aliphatic carbocycles. The summed E-state index contributed by atoms with van der Waals surface area (Å²) >= 11 is 0. The maximum atomic E-state index is 18.0. The summed E-state index contributed by atoms with van der Waals surface area (Å²) in [6.07, 6.45) is -12.5. The normalized spacial score (nSPS) is 13.1. The van der Waals surface area contributed by atoms with Gasteiger partial charge in [-0.2, -0.15) is 43.9 Å². The molecule has 15 heteroatoms. The Morgan fingerprint density at radius 3 is 1.09 bits per heavy atom. The van der Waals surface area contributed by atoms with Crippen molar-refractivity contribution < 1.29 is 66.9 Å². The lowest BCUT2D eigenvalue weighted by molar-refractivity contribution is -0.186. The molecule has 0 bridgehead atoms. The van der Waals surface area contributed by atoms with Crippen molar-refractivity contribution in [1.82, 2.24) is 0 Å². The fourth-order valence-electron chi connectivity index (χ4n) is 9.88. The van der Waals surface area contributed by atoms with Gasteiger partial charge in [-0.3, -0.25) is 0 Å². The van der Waals surface area contributed by atoms with Crippen molar-refractivity contribution in [1.29, 1.82) is 0 Å². The van der Waals surface area contributed by atoms with Crippen molar-refractivity contribution in [2.75, 3.05) is 27.4 Å². The van der Waals surface area contributed by atoms with Crippen molar-refractivity contribution >= 4 is 0 Å². The lowest BCUT2D eigenvalue weighted by atomic mass is 9.84. The molecule has 0 fully saturated rings. The number of aryl methyl sites for hydroxylation is 2. The van der Waals surface area contributed by atoms with Crippen molar-refractivity contribution in [3.8, 4) is 33.8 Å². The van der Waals surface area contributed by atoms with Gasteiger partial charge in [0.15, 0.2) is 0 Å². The number of alkyl halides is 10. The largest absolute Gasteiger partial charge is 0.456 e. The molecule has 0 aliphatic heterocycles. The zero-order valence-electron chi connectivity index (χ0n) is 43.3. The molecule has 2 atom stereocenters. The van der Waals surface area contributed by atoms with E-state index in [2.05, 4.69) is 0 Å². The molecule has 0 spiro atoms. The Labute approximate surface area is 450 Å². The molecular weight excluding hydrogens is 1040 g/mol. The summed E-state index contributed by atoms with van der Waals surface area (Å²) in [6.45, 7) is 1.73. The van der Waals surface area contributed by atoms with Gasteiger partial charge in [0.1, 0.15) is 23.1 Å². The third-order valence-corrected chi connectivity index (χ3v) is 14.0. The lowest BCUT2D eigenvalue weighted by Crippen LogP contribution is -2.30. The summed E-state index contributed by atoms with van der Waals surface area (Å²) in [6, 6.07) is 38.2. The van der Waals surface area contributed by atoms with Crippen LogP contribution in [-0.2, 0) is 47.0 Å². The quantitative estimate of drug-likeness (QED) is 0.0712. The van der Waals surface area contributed by atoms with Crippen LogP contribution < -0.4 is 4.74 Å². The average Bonchev–Trinajstić information content (AvgIpc) is 3.53. The highest BCUT2D eigenvalue weighted by Gasteiger charge is 2.46. The van der Waals surface area contributed by atoms with E-state index in [9.17, 15) is 26.3 Å². The molecule has 2 unspecified atom stereocenters. The van der Waals surface area contributed by atoms with Gasteiger partial charge >= 0.3 is 24.2 Å². The van der Waals surface area contributed by atoms with Crippen LogP contribution in [0.5, 0.6) is 11.5 Å². The van der Waals surface area contributed by atoms with E-state index >= 15 is 26.3 Å². The molecule has 0 saturated heterocycles. The minimum absolute atomic E-state index is 0.206. The summed E-state index contributed by atoms with van der Waals surface area (Å²) in [5, 5.41) is 0. The molecule has 8 rings (SSSR count). The third kappa shape index (κ3) is 13.2. The average molecular weight is 1100 g/mol. The second-order valence-electron chi connectivity index (χ2n) is 19.6. The van der Waals surface area contributed by atoms with Gasteiger partial charge in [0.2, 0.25) is 0 Å². The highest BCUT2D eigenvalue weighted by Crippen LogP contribution is 2.51. The Morgan fingerprint density at radius 1 is 0.418 bits per heavy atom. The first-order valence-electron chi connectivity index (χ1n) is 25.2. The van der Waals surface area contributed by atoms with Crippen LogP contribution in [0.4, 0.5) is 52.7 Å². The smallest absolute Gasteiger partial charge is 0.394 e. The zero-order chi connectivity index (χ0) is 56.9. The second kappa shape index (κ2) is 23.9. The zero-order valence-corrected chi connectivity index (χ0v) is 43.3. The molecule has 8 aromatic carbocycles. The summed E-state index contributed by atoms with van der Waals surface area (Å²) in [7, 11) is 2.13. The fraction of sp³-hybridized carbons (Fsp3) is 0.250. The number of rotatable bonds is 20. The molecule has 412 valence electrons. The number of hydrogen-bond acceptors (Lipinski definition) is 3. The van der Waals surface area contributed by atoms with Crippen LogP contribution >= 0.6 is 0 Å². The van der Waals surface area contributed by atoms with Gasteiger partial charge in [-0.05, 0) is 119 Å². The monoisotopic (exact) mass is 1100 g/mol. The molecule has 0 heterocycles. The van der Waals surface area contributed by atoms with Gasteiger partial charge in [0.25, 0.3) is 0 Å². The molecule has 0 saturated carbocycles. The highest BCUT2D eigenvalue weighted by molar-refractivity contribution is 5.67. The van der Waals surface area contributed by atoms with E-state index in [0.717, 1.165) is 62.8 Å². The van der Waals surface area contributed by atoms with Crippen LogP contribution in [0.3, 0.4) is 0 Å². The Hall–Kier alpha value is -7.36. The molecular formula is C64H54F12O3. The van der Waals surface area contributed by atoms with Gasteiger partial charge in [0.05, 0.1) is 36.2 Å². The standard InChI is InChI=1S/C64H54F12O3/c1-39-15-27-51(55(65)31-39)43-21-17-41(18-22-43)33-53-45(35-49(37-77-3)63(71,72)73)25-29-57(59(53)61(67,68)47-11-7-5-8-12-47)79-58-30-26-46(36-50(38-78-4)64(74,75)76)54(60(58)62(69,70)48-13-9-6-10-14-48)34-42-19-23-44(24-20-42)52-28-16-40(2)32-56(52)66/h5-32,49-50H,33-38H2,1-4H3. The maximum absolute atomic E-state index is 18.0. The van der Waals surface area contributed by atoms with Crippen LogP contribution in [0, 0.1) is 37.3 Å². The predicted molar refractivity (Wildman–Crippen MR) is 281 cm³/mol. The first kappa shape index (κ1) is 57.8. The summed E-state index contributed by atoms with van der Waals surface area (Å²) < 4.78 is 207. The highest BCUT2D eigenvalue weighted by atomic mass is 19.4. The Morgan fingerprint density at radius 2 is 0.772 bits per heavy atom. The molecule has 0 N–H and O–H groups in total. The van der Waals surface area contributed by atoms with Gasteiger partial charge in [-0.1, -0.05) is 146 Å².